The highest BCUT2D eigenvalue weighted by Gasteiger charge is 2.39. The number of carbonyl (C=O) groups is 2. The van der Waals surface area contributed by atoms with Crippen LogP contribution in [-0.4, -0.2) is 48.9 Å². The number of anilines is 1. The van der Waals surface area contributed by atoms with Crippen LogP contribution in [0.2, 0.25) is 0 Å². The SMILES string of the molecule is CCOC(=O)c1c(S(=O)(=O)N2CCCC(C(=O)Nc3ccc(C)c(F)c3)C2)c(C)n(CC)c1C. The third-order valence-corrected chi connectivity index (χ3v) is 8.34. The highest BCUT2D eigenvalue weighted by Crippen LogP contribution is 2.33. The van der Waals surface area contributed by atoms with E-state index in [0.29, 0.717) is 42.0 Å². The fourth-order valence-corrected chi connectivity index (χ4v) is 6.48. The molecule has 0 bridgehead atoms. The van der Waals surface area contributed by atoms with Gasteiger partial charge in [0.25, 0.3) is 0 Å². The van der Waals surface area contributed by atoms with E-state index in [1.807, 2.05) is 6.92 Å². The molecular weight excluding hydrogens is 461 g/mol. The number of sulfonamides is 1. The number of rotatable bonds is 7. The van der Waals surface area contributed by atoms with Gasteiger partial charge in [-0.1, -0.05) is 6.07 Å². The fourth-order valence-electron chi connectivity index (χ4n) is 4.51. The zero-order chi connectivity index (χ0) is 25.2. The lowest BCUT2D eigenvalue weighted by molar-refractivity contribution is -0.120. The second kappa shape index (κ2) is 10.3. The Morgan fingerprint density at radius 2 is 1.88 bits per heavy atom. The van der Waals surface area contributed by atoms with Crippen LogP contribution in [0.4, 0.5) is 10.1 Å². The Bertz CT molecular complexity index is 1210. The van der Waals surface area contributed by atoms with Crippen molar-refractivity contribution < 1.29 is 27.1 Å². The molecule has 34 heavy (non-hydrogen) atoms. The lowest BCUT2D eigenvalue weighted by atomic mass is 9.98. The average Bonchev–Trinajstić information content (AvgIpc) is 3.06. The molecule has 0 radical (unpaired) electrons. The fraction of sp³-hybridized carbons (Fsp3) is 0.500. The molecule has 3 rings (SSSR count). The molecule has 2 heterocycles. The molecule has 1 aliphatic rings. The van der Waals surface area contributed by atoms with Gasteiger partial charge in [0, 0.05) is 36.7 Å². The first-order valence-electron chi connectivity index (χ1n) is 11.5. The van der Waals surface area contributed by atoms with Crippen molar-refractivity contribution in [3.05, 3.63) is 46.5 Å². The highest BCUT2D eigenvalue weighted by molar-refractivity contribution is 7.89. The summed E-state index contributed by atoms with van der Waals surface area (Å²) in [6, 6.07) is 4.43. The van der Waals surface area contributed by atoms with Crippen molar-refractivity contribution in [1.29, 1.82) is 0 Å². The number of esters is 1. The summed E-state index contributed by atoms with van der Waals surface area (Å²) >= 11 is 0. The van der Waals surface area contributed by atoms with E-state index < -0.39 is 27.7 Å². The largest absolute Gasteiger partial charge is 0.462 e. The number of piperidine rings is 1. The number of carbonyl (C=O) groups excluding carboxylic acids is 2. The number of aryl methyl sites for hydroxylation is 1. The maximum absolute atomic E-state index is 13.9. The van der Waals surface area contributed by atoms with E-state index in [9.17, 15) is 22.4 Å². The zero-order valence-corrected chi connectivity index (χ0v) is 21.1. The first-order chi connectivity index (χ1) is 16.0. The van der Waals surface area contributed by atoms with Crippen LogP contribution in [-0.2, 0) is 26.1 Å². The molecule has 2 aromatic rings. The van der Waals surface area contributed by atoms with Gasteiger partial charge in [0.05, 0.1) is 12.5 Å². The van der Waals surface area contributed by atoms with Gasteiger partial charge in [-0.25, -0.2) is 17.6 Å². The molecule has 0 aliphatic carbocycles. The van der Waals surface area contributed by atoms with Gasteiger partial charge in [-0.05, 0) is 65.2 Å². The van der Waals surface area contributed by atoms with Crippen LogP contribution in [0, 0.1) is 32.5 Å². The molecule has 1 atom stereocenters. The Labute approximate surface area is 200 Å². The standard InChI is InChI=1S/C24H32FN3O5S/c1-6-28-16(4)21(24(30)33-7-2)22(17(28)5)34(31,32)27-12-8-9-18(14-27)23(29)26-19-11-10-15(3)20(25)13-19/h10-11,13,18H,6-9,12,14H2,1-5H3,(H,26,29). The average molecular weight is 494 g/mol. The number of nitrogens with one attached hydrogen (secondary N) is 1. The predicted octanol–water partition coefficient (Wildman–Crippen LogP) is 3.79. The summed E-state index contributed by atoms with van der Waals surface area (Å²) in [5.74, 6) is -2.08. The number of hydrogen-bond donors (Lipinski definition) is 1. The molecule has 1 aromatic carbocycles. The zero-order valence-electron chi connectivity index (χ0n) is 20.3. The van der Waals surface area contributed by atoms with Crippen molar-refractivity contribution in [2.75, 3.05) is 25.0 Å². The maximum atomic E-state index is 13.9. The Balaban J connectivity index is 1.90. The molecule has 0 spiro atoms. The Morgan fingerprint density at radius 1 is 1.18 bits per heavy atom. The summed E-state index contributed by atoms with van der Waals surface area (Å²) < 4.78 is 49.6. The van der Waals surface area contributed by atoms with Crippen molar-refractivity contribution in [3.63, 3.8) is 0 Å². The summed E-state index contributed by atoms with van der Waals surface area (Å²) in [4.78, 5) is 25.5. The summed E-state index contributed by atoms with van der Waals surface area (Å²) in [7, 11) is -4.08. The molecule has 186 valence electrons. The molecule has 1 fully saturated rings. The second-order valence-electron chi connectivity index (χ2n) is 8.50. The molecule has 1 saturated heterocycles. The lowest BCUT2D eigenvalue weighted by Crippen LogP contribution is -2.44. The quantitative estimate of drug-likeness (QED) is 0.592. The third-order valence-electron chi connectivity index (χ3n) is 6.32. The van der Waals surface area contributed by atoms with E-state index >= 15 is 0 Å². The van der Waals surface area contributed by atoms with Gasteiger partial charge in [-0.15, -0.1) is 0 Å². The Hall–Kier alpha value is -2.72. The van der Waals surface area contributed by atoms with E-state index in [0.717, 1.165) is 0 Å². The number of hydrogen-bond acceptors (Lipinski definition) is 5. The summed E-state index contributed by atoms with van der Waals surface area (Å²) in [5, 5.41) is 2.69. The van der Waals surface area contributed by atoms with Gasteiger partial charge in [0.15, 0.2) is 0 Å². The van der Waals surface area contributed by atoms with E-state index in [1.54, 1.807) is 44.4 Å². The van der Waals surface area contributed by atoms with E-state index in [-0.39, 0.29) is 36.1 Å². The predicted molar refractivity (Wildman–Crippen MR) is 127 cm³/mol. The van der Waals surface area contributed by atoms with Gasteiger partial charge < -0.3 is 14.6 Å². The molecule has 1 N–H and O–H groups in total. The Kier molecular flexibility index (Phi) is 7.82. The topological polar surface area (TPSA) is 97.7 Å². The number of aromatic nitrogens is 1. The van der Waals surface area contributed by atoms with E-state index in [4.69, 9.17) is 4.74 Å². The van der Waals surface area contributed by atoms with E-state index in [2.05, 4.69) is 5.32 Å². The first kappa shape index (κ1) is 25.9. The van der Waals surface area contributed by atoms with Gasteiger partial charge in [0.2, 0.25) is 15.9 Å². The highest BCUT2D eigenvalue weighted by atomic mass is 32.2. The monoisotopic (exact) mass is 493 g/mol. The summed E-state index contributed by atoms with van der Waals surface area (Å²) in [6.07, 6.45) is 0.992. The van der Waals surface area contributed by atoms with Gasteiger partial charge >= 0.3 is 5.97 Å². The van der Waals surface area contributed by atoms with Crippen LogP contribution < -0.4 is 5.32 Å². The van der Waals surface area contributed by atoms with Gasteiger partial charge in [0.1, 0.15) is 16.3 Å². The van der Waals surface area contributed by atoms with Crippen LogP contribution >= 0.6 is 0 Å². The van der Waals surface area contributed by atoms with Crippen LogP contribution in [0.25, 0.3) is 0 Å². The van der Waals surface area contributed by atoms with Crippen LogP contribution in [0.5, 0.6) is 0 Å². The number of amides is 1. The van der Waals surface area contributed by atoms with Crippen molar-refractivity contribution in [2.45, 2.75) is 58.9 Å². The van der Waals surface area contributed by atoms with Crippen LogP contribution in [0.15, 0.2) is 23.1 Å². The first-order valence-corrected chi connectivity index (χ1v) is 12.9. The van der Waals surface area contributed by atoms with Crippen LogP contribution in [0.1, 0.15) is 54.0 Å². The number of halogens is 1. The minimum atomic E-state index is -4.08. The minimum Gasteiger partial charge on any atom is -0.462 e. The van der Waals surface area contributed by atoms with Crippen molar-refractivity contribution in [1.82, 2.24) is 8.87 Å². The minimum absolute atomic E-state index is 0.0272. The molecular formula is C24H32FN3O5S. The molecule has 1 aromatic heterocycles. The molecule has 1 amide bonds. The van der Waals surface area contributed by atoms with E-state index in [1.165, 1.54) is 10.4 Å². The second-order valence-corrected chi connectivity index (χ2v) is 10.4. The van der Waals surface area contributed by atoms with Crippen molar-refractivity contribution in [3.8, 4) is 0 Å². The molecule has 10 heteroatoms. The molecule has 1 unspecified atom stereocenters. The van der Waals surface area contributed by atoms with Crippen molar-refractivity contribution >= 4 is 27.6 Å². The van der Waals surface area contributed by atoms with Crippen LogP contribution in [0.3, 0.4) is 0 Å². The van der Waals surface area contributed by atoms with Crippen molar-refractivity contribution in [2.24, 2.45) is 5.92 Å². The van der Waals surface area contributed by atoms with Gasteiger partial charge in [-0.3, -0.25) is 4.79 Å². The third kappa shape index (κ3) is 4.88. The molecule has 8 nitrogen and oxygen atoms in total. The normalized spacial score (nSPS) is 16.9. The summed E-state index contributed by atoms with van der Waals surface area (Å²) in [6.45, 7) is 9.38. The number of benzene rings is 1. The van der Waals surface area contributed by atoms with Gasteiger partial charge in [-0.2, -0.15) is 4.31 Å². The molecule has 1 aliphatic heterocycles. The number of nitrogens with zero attached hydrogens (tertiary/aromatic N) is 2. The number of ether oxygens (including phenoxy) is 1. The maximum Gasteiger partial charge on any atom is 0.341 e. The Morgan fingerprint density at radius 3 is 2.50 bits per heavy atom. The summed E-state index contributed by atoms with van der Waals surface area (Å²) in [5.41, 5.74) is 1.83. The molecule has 0 saturated carbocycles. The lowest BCUT2D eigenvalue weighted by Gasteiger charge is -2.31. The smallest absolute Gasteiger partial charge is 0.341 e.